The molecule has 0 fully saturated rings. The summed E-state index contributed by atoms with van der Waals surface area (Å²) in [5, 5.41) is 5.96. The molecule has 2 aromatic rings. The van der Waals surface area contributed by atoms with E-state index in [9.17, 15) is 4.39 Å². The highest BCUT2D eigenvalue weighted by atomic mass is 32.1. The van der Waals surface area contributed by atoms with E-state index in [1.165, 1.54) is 23.5 Å². The normalized spacial score (nSPS) is 12.4. The van der Waals surface area contributed by atoms with E-state index in [0.717, 1.165) is 10.7 Å². The fraction of sp³-hybridized carbons (Fsp3) is 0.182. The number of aromatic nitrogens is 1. The smallest absolute Gasteiger partial charge is 0.183 e. The van der Waals surface area contributed by atoms with Gasteiger partial charge in [0.05, 0.1) is 6.04 Å². The molecule has 0 saturated carbocycles. The van der Waals surface area contributed by atoms with Crippen LogP contribution in [0.25, 0.3) is 0 Å². The van der Waals surface area contributed by atoms with Gasteiger partial charge in [-0.3, -0.25) is 0 Å². The summed E-state index contributed by atoms with van der Waals surface area (Å²) in [7, 11) is 0. The fourth-order valence-corrected chi connectivity index (χ4v) is 1.96. The van der Waals surface area contributed by atoms with E-state index in [2.05, 4.69) is 10.3 Å². The molecular formula is C11H11FN2S. The first kappa shape index (κ1) is 10.1. The predicted octanol–water partition coefficient (Wildman–Crippen LogP) is 3.46. The third-order valence-corrected chi connectivity index (χ3v) is 2.83. The van der Waals surface area contributed by atoms with Gasteiger partial charge in [0.25, 0.3) is 0 Å². The maximum Gasteiger partial charge on any atom is 0.183 e. The van der Waals surface area contributed by atoms with E-state index in [1.807, 2.05) is 18.4 Å². The molecular weight excluding hydrogens is 211 g/mol. The van der Waals surface area contributed by atoms with E-state index in [-0.39, 0.29) is 11.9 Å². The first-order valence-electron chi connectivity index (χ1n) is 4.67. The second-order valence-electron chi connectivity index (χ2n) is 3.26. The molecule has 0 aliphatic rings. The number of halogens is 1. The Balaban J connectivity index is 2.11. The van der Waals surface area contributed by atoms with Gasteiger partial charge in [-0.1, -0.05) is 12.1 Å². The summed E-state index contributed by atoms with van der Waals surface area (Å²) in [5.74, 6) is -0.208. The zero-order valence-electron chi connectivity index (χ0n) is 8.27. The molecule has 78 valence electrons. The Bertz CT molecular complexity index is 428. The molecule has 1 heterocycles. The number of thiazole rings is 1. The molecule has 1 N–H and O–H groups in total. The van der Waals surface area contributed by atoms with Crippen LogP contribution in [0.15, 0.2) is 35.8 Å². The van der Waals surface area contributed by atoms with Gasteiger partial charge in [0, 0.05) is 11.6 Å². The third-order valence-electron chi connectivity index (χ3n) is 2.12. The first-order chi connectivity index (χ1) is 7.25. The molecule has 15 heavy (non-hydrogen) atoms. The summed E-state index contributed by atoms with van der Waals surface area (Å²) in [6.07, 6.45) is 1.74. The van der Waals surface area contributed by atoms with Gasteiger partial charge in [-0.05, 0) is 24.6 Å². The zero-order chi connectivity index (χ0) is 10.7. The topological polar surface area (TPSA) is 24.9 Å². The van der Waals surface area contributed by atoms with Crippen LogP contribution >= 0.6 is 11.3 Å². The second kappa shape index (κ2) is 4.40. The van der Waals surface area contributed by atoms with E-state index in [4.69, 9.17) is 0 Å². The summed E-state index contributed by atoms with van der Waals surface area (Å²) in [5.41, 5.74) is 0.921. The van der Waals surface area contributed by atoms with Gasteiger partial charge in [0.2, 0.25) is 0 Å². The Hall–Kier alpha value is -1.42. The third kappa shape index (κ3) is 2.53. The minimum atomic E-state index is -0.208. The van der Waals surface area contributed by atoms with Crippen LogP contribution in [-0.4, -0.2) is 4.98 Å². The van der Waals surface area contributed by atoms with Gasteiger partial charge in [0.15, 0.2) is 5.13 Å². The molecule has 0 bridgehead atoms. The molecule has 1 aromatic carbocycles. The van der Waals surface area contributed by atoms with Crippen molar-refractivity contribution in [3.05, 3.63) is 47.2 Å². The number of hydrogen-bond donors (Lipinski definition) is 1. The Morgan fingerprint density at radius 1 is 1.47 bits per heavy atom. The van der Waals surface area contributed by atoms with E-state index in [0.29, 0.717) is 0 Å². The summed E-state index contributed by atoms with van der Waals surface area (Å²) in [4.78, 5) is 4.12. The molecule has 0 radical (unpaired) electrons. The van der Waals surface area contributed by atoms with Crippen molar-refractivity contribution in [3.8, 4) is 0 Å². The minimum absolute atomic E-state index is 0.0619. The SMILES string of the molecule is CC(Nc1nccs1)c1cccc(F)c1. The molecule has 1 atom stereocenters. The van der Waals surface area contributed by atoms with Crippen molar-refractivity contribution >= 4 is 16.5 Å². The first-order valence-corrected chi connectivity index (χ1v) is 5.55. The average molecular weight is 222 g/mol. The summed E-state index contributed by atoms with van der Waals surface area (Å²) >= 11 is 1.53. The minimum Gasteiger partial charge on any atom is -0.355 e. The summed E-state index contributed by atoms with van der Waals surface area (Å²) < 4.78 is 13.0. The Morgan fingerprint density at radius 2 is 2.33 bits per heavy atom. The quantitative estimate of drug-likeness (QED) is 0.860. The van der Waals surface area contributed by atoms with Crippen molar-refractivity contribution in [2.75, 3.05) is 5.32 Å². The van der Waals surface area contributed by atoms with Crippen LogP contribution in [0.4, 0.5) is 9.52 Å². The van der Waals surface area contributed by atoms with Crippen LogP contribution in [-0.2, 0) is 0 Å². The second-order valence-corrected chi connectivity index (χ2v) is 4.15. The highest BCUT2D eigenvalue weighted by Gasteiger charge is 2.06. The number of benzene rings is 1. The standard InChI is InChI=1S/C11H11FN2S/c1-8(14-11-13-5-6-15-11)9-3-2-4-10(12)7-9/h2-8H,1H3,(H,13,14). The molecule has 0 spiro atoms. The molecule has 1 unspecified atom stereocenters. The molecule has 2 rings (SSSR count). The van der Waals surface area contributed by atoms with Crippen molar-refractivity contribution in [2.45, 2.75) is 13.0 Å². The van der Waals surface area contributed by atoms with E-state index in [1.54, 1.807) is 12.3 Å². The molecule has 2 nitrogen and oxygen atoms in total. The van der Waals surface area contributed by atoms with Crippen LogP contribution in [0.5, 0.6) is 0 Å². The predicted molar refractivity (Wildman–Crippen MR) is 60.6 cm³/mol. The molecule has 0 amide bonds. The van der Waals surface area contributed by atoms with Crippen molar-refractivity contribution < 1.29 is 4.39 Å². The number of hydrogen-bond acceptors (Lipinski definition) is 3. The zero-order valence-corrected chi connectivity index (χ0v) is 9.09. The van der Waals surface area contributed by atoms with Gasteiger partial charge < -0.3 is 5.32 Å². The largest absolute Gasteiger partial charge is 0.355 e. The van der Waals surface area contributed by atoms with Crippen molar-refractivity contribution in [1.29, 1.82) is 0 Å². The number of rotatable bonds is 3. The van der Waals surface area contributed by atoms with Crippen molar-refractivity contribution in [1.82, 2.24) is 4.98 Å². The lowest BCUT2D eigenvalue weighted by Gasteiger charge is -2.12. The number of anilines is 1. The lowest BCUT2D eigenvalue weighted by Crippen LogP contribution is -2.06. The molecule has 1 aromatic heterocycles. The maximum atomic E-state index is 13.0. The van der Waals surface area contributed by atoms with Gasteiger partial charge in [-0.15, -0.1) is 11.3 Å². The van der Waals surface area contributed by atoms with Gasteiger partial charge in [-0.2, -0.15) is 0 Å². The molecule has 0 saturated heterocycles. The van der Waals surface area contributed by atoms with E-state index >= 15 is 0 Å². The number of nitrogens with zero attached hydrogens (tertiary/aromatic N) is 1. The monoisotopic (exact) mass is 222 g/mol. The van der Waals surface area contributed by atoms with Crippen LogP contribution in [0, 0.1) is 5.82 Å². The molecule has 4 heteroatoms. The van der Waals surface area contributed by atoms with Gasteiger partial charge >= 0.3 is 0 Å². The Morgan fingerprint density at radius 3 is 3.00 bits per heavy atom. The Kier molecular flexibility index (Phi) is 2.97. The lowest BCUT2D eigenvalue weighted by atomic mass is 10.1. The van der Waals surface area contributed by atoms with Crippen LogP contribution in [0.2, 0.25) is 0 Å². The van der Waals surface area contributed by atoms with Crippen LogP contribution in [0.1, 0.15) is 18.5 Å². The fourth-order valence-electron chi connectivity index (χ4n) is 1.34. The van der Waals surface area contributed by atoms with Gasteiger partial charge in [0.1, 0.15) is 5.82 Å². The highest BCUT2D eigenvalue weighted by Crippen LogP contribution is 2.20. The van der Waals surface area contributed by atoms with Crippen molar-refractivity contribution in [3.63, 3.8) is 0 Å². The van der Waals surface area contributed by atoms with Gasteiger partial charge in [-0.25, -0.2) is 9.37 Å². The summed E-state index contributed by atoms with van der Waals surface area (Å²) in [6.45, 7) is 1.98. The highest BCUT2D eigenvalue weighted by molar-refractivity contribution is 7.13. The van der Waals surface area contributed by atoms with E-state index < -0.39 is 0 Å². The number of nitrogens with one attached hydrogen (secondary N) is 1. The van der Waals surface area contributed by atoms with Crippen LogP contribution < -0.4 is 5.32 Å². The Labute approximate surface area is 91.8 Å². The maximum absolute atomic E-state index is 13.0. The molecule has 0 aliphatic carbocycles. The summed E-state index contributed by atoms with van der Waals surface area (Å²) in [6, 6.07) is 6.65. The van der Waals surface area contributed by atoms with Crippen LogP contribution in [0.3, 0.4) is 0 Å². The molecule has 0 aliphatic heterocycles. The van der Waals surface area contributed by atoms with Crippen molar-refractivity contribution in [2.24, 2.45) is 0 Å². The lowest BCUT2D eigenvalue weighted by molar-refractivity contribution is 0.623. The average Bonchev–Trinajstić information content (AvgIpc) is 2.70.